The summed E-state index contributed by atoms with van der Waals surface area (Å²) < 4.78 is 5.41. The van der Waals surface area contributed by atoms with Crippen LogP contribution >= 0.6 is 22.7 Å². The topological polar surface area (TPSA) is 76.1 Å². The molecule has 2 N–H and O–H groups in total. The second kappa shape index (κ2) is 7.49. The molecule has 1 aliphatic heterocycles. The van der Waals surface area contributed by atoms with Crippen molar-refractivity contribution >= 4 is 33.7 Å². The third kappa shape index (κ3) is 4.25. The average Bonchev–Trinajstić information content (AvgIpc) is 3.02. The molecule has 1 aliphatic carbocycles. The fourth-order valence-corrected chi connectivity index (χ4v) is 4.84. The molecular weight excluding hydrogens is 356 g/mol. The summed E-state index contributed by atoms with van der Waals surface area (Å²) >= 11 is 3.06. The Morgan fingerprint density at radius 1 is 1.36 bits per heavy atom. The van der Waals surface area contributed by atoms with Gasteiger partial charge in [-0.25, -0.2) is 0 Å². The minimum atomic E-state index is -0.106. The van der Waals surface area contributed by atoms with E-state index in [4.69, 9.17) is 4.74 Å². The van der Waals surface area contributed by atoms with Gasteiger partial charge in [0.2, 0.25) is 5.13 Å². The Kier molecular flexibility index (Phi) is 5.12. The number of ether oxygens (including phenoxy) is 1. The van der Waals surface area contributed by atoms with Gasteiger partial charge in [0.15, 0.2) is 0 Å². The molecular formula is C17H22N4O2S2. The molecule has 0 aromatic carbocycles. The third-order valence-corrected chi connectivity index (χ3v) is 6.61. The number of nitrogens with zero attached hydrogens (tertiary/aromatic N) is 2. The van der Waals surface area contributed by atoms with Crippen LogP contribution in [0.2, 0.25) is 0 Å². The molecule has 1 saturated carbocycles. The van der Waals surface area contributed by atoms with E-state index in [2.05, 4.69) is 20.8 Å². The first-order valence-corrected chi connectivity index (χ1v) is 10.4. The Morgan fingerprint density at radius 3 is 2.96 bits per heavy atom. The molecule has 3 heterocycles. The van der Waals surface area contributed by atoms with E-state index in [0.29, 0.717) is 22.7 Å². The van der Waals surface area contributed by atoms with Crippen molar-refractivity contribution in [3.8, 4) is 0 Å². The lowest BCUT2D eigenvalue weighted by Gasteiger charge is -2.22. The van der Waals surface area contributed by atoms with E-state index in [9.17, 15) is 4.79 Å². The number of thiophene rings is 1. The minimum Gasteiger partial charge on any atom is -0.381 e. The third-order valence-electron chi connectivity index (χ3n) is 4.79. The maximum Gasteiger partial charge on any atom is 0.258 e. The number of anilines is 1. The zero-order chi connectivity index (χ0) is 17.2. The van der Waals surface area contributed by atoms with Crippen molar-refractivity contribution in [3.05, 3.63) is 26.9 Å². The lowest BCUT2D eigenvalue weighted by atomic mass is 10.0. The molecule has 2 aliphatic rings. The summed E-state index contributed by atoms with van der Waals surface area (Å²) in [6.07, 6.45) is 3.50. The second-order valence-electron chi connectivity index (χ2n) is 6.73. The minimum absolute atomic E-state index is 0.106. The molecule has 2 fully saturated rings. The van der Waals surface area contributed by atoms with Gasteiger partial charge in [0.05, 0.1) is 5.56 Å². The highest BCUT2D eigenvalue weighted by Gasteiger charge is 2.39. The van der Waals surface area contributed by atoms with Crippen LogP contribution in [-0.2, 0) is 4.74 Å². The van der Waals surface area contributed by atoms with Gasteiger partial charge in [-0.15, -0.1) is 21.5 Å². The lowest BCUT2D eigenvalue weighted by Crippen LogP contribution is -2.29. The van der Waals surface area contributed by atoms with Crippen LogP contribution in [-0.4, -0.2) is 41.9 Å². The highest BCUT2D eigenvalue weighted by molar-refractivity contribution is 7.15. The van der Waals surface area contributed by atoms with E-state index in [1.807, 2.05) is 18.4 Å². The Morgan fingerprint density at radius 2 is 2.20 bits per heavy atom. The number of amides is 1. The molecule has 25 heavy (non-hydrogen) atoms. The summed E-state index contributed by atoms with van der Waals surface area (Å²) in [5.41, 5.74) is 0.711. The second-order valence-corrected chi connectivity index (χ2v) is 8.86. The van der Waals surface area contributed by atoms with E-state index in [-0.39, 0.29) is 5.91 Å². The van der Waals surface area contributed by atoms with Crippen LogP contribution in [0, 0.1) is 12.8 Å². The first kappa shape index (κ1) is 17.1. The molecule has 1 amide bonds. The van der Waals surface area contributed by atoms with Crippen LogP contribution in [0.4, 0.5) is 5.13 Å². The number of hydrogen-bond donors (Lipinski definition) is 2. The molecule has 8 heteroatoms. The van der Waals surface area contributed by atoms with Crippen molar-refractivity contribution in [2.75, 3.05) is 25.1 Å². The molecule has 2 aromatic heterocycles. The maximum absolute atomic E-state index is 12.3. The average molecular weight is 379 g/mol. The van der Waals surface area contributed by atoms with E-state index in [1.54, 1.807) is 11.3 Å². The molecule has 0 spiro atoms. The van der Waals surface area contributed by atoms with Crippen LogP contribution in [0.25, 0.3) is 0 Å². The number of aryl methyl sites for hydroxylation is 1. The van der Waals surface area contributed by atoms with Crippen LogP contribution in [0.3, 0.4) is 0 Å². The Hall–Kier alpha value is -1.35. The molecule has 134 valence electrons. The van der Waals surface area contributed by atoms with Crippen LogP contribution in [0.15, 0.2) is 11.4 Å². The number of hydrogen-bond acceptors (Lipinski definition) is 7. The summed E-state index contributed by atoms with van der Waals surface area (Å²) in [6, 6.07) is 2.58. The highest BCUT2D eigenvalue weighted by Crippen LogP contribution is 2.43. The standard InChI is InChI=1S/C17H22N4O2S2/c1-10-20-21-17(25-10)19-16(22)12-6-15(24-9-12)13-7-14(13)18-8-11-2-4-23-5-3-11/h6,9,11,13-14,18H,2-5,7-8H2,1H3,(H,19,21,22)/t13-,14-/m0/s1. The molecule has 2 atom stereocenters. The van der Waals surface area contributed by atoms with Crippen LogP contribution in [0.5, 0.6) is 0 Å². The van der Waals surface area contributed by atoms with E-state index >= 15 is 0 Å². The Labute approximate surface area is 155 Å². The number of carbonyl (C=O) groups excluding carboxylic acids is 1. The number of rotatable bonds is 6. The summed E-state index contributed by atoms with van der Waals surface area (Å²) in [6.45, 7) is 4.76. The van der Waals surface area contributed by atoms with Crippen LogP contribution in [0.1, 0.15) is 45.4 Å². The van der Waals surface area contributed by atoms with E-state index in [0.717, 1.165) is 30.7 Å². The van der Waals surface area contributed by atoms with Crippen LogP contribution < -0.4 is 10.6 Å². The van der Waals surface area contributed by atoms with Gasteiger partial charge >= 0.3 is 0 Å². The van der Waals surface area contributed by atoms with Crippen molar-refractivity contribution in [1.29, 1.82) is 0 Å². The molecule has 0 unspecified atom stereocenters. The molecule has 1 saturated heterocycles. The normalized spacial score (nSPS) is 23.6. The molecule has 4 rings (SSSR count). The van der Waals surface area contributed by atoms with Crippen molar-refractivity contribution in [1.82, 2.24) is 15.5 Å². The first-order chi connectivity index (χ1) is 12.2. The first-order valence-electron chi connectivity index (χ1n) is 8.70. The zero-order valence-electron chi connectivity index (χ0n) is 14.2. The predicted molar refractivity (Wildman–Crippen MR) is 99.6 cm³/mol. The zero-order valence-corrected chi connectivity index (χ0v) is 15.8. The predicted octanol–water partition coefficient (Wildman–Crippen LogP) is 3.03. The van der Waals surface area contributed by atoms with Crippen molar-refractivity contribution in [2.24, 2.45) is 5.92 Å². The fraction of sp³-hybridized carbons (Fsp3) is 0.588. The monoisotopic (exact) mass is 378 g/mol. The van der Waals surface area contributed by atoms with Gasteiger partial charge in [-0.2, -0.15) is 0 Å². The number of carbonyl (C=O) groups is 1. The van der Waals surface area contributed by atoms with Gasteiger partial charge < -0.3 is 10.1 Å². The molecule has 0 bridgehead atoms. The van der Waals surface area contributed by atoms with Gasteiger partial charge in [-0.1, -0.05) is 11.3 Å². The lowest BCUT2D eigenvalue weighted by molar-refractivity contribution is 0.0662. The quantitative estimate of drug-likeness (QED) is 0.808. The van der Waals surface area contributed by atoms with Crippen molar-refractivity contribution in [3.63, 3.8) is 0 Å². The Bertz CT molecular complexity index is 739. The van der Waals surface area contributed by atoms with E-state index < -0.39 is 0 Å². The summed E-state index contributed by atoms with van der Waals surface area (Å²) in [7, 11) is 0. The van der Waals surface area contributed by atoms with Gasteiger partial charge in [-0.3, -0.25) is 10.1 Å². The van der Waals surface area contributed by atoms with E-state index in [1.165, 1.54) is 35.5 Å². The van der Waals surface area contributed by atoms with Gasteiger partial charge in [0.1, 0.15) is 5.01 Å². The van der Waals surface area contributed by atoms with Gasteiger partial charge in [-0.05, 0) is 44.7 Å². The maximum atomic E-state index is 12.3. The molecule has 6 nitrogen and oxygen atoms in total. The summed E-state index contributed by atoms with van der Waals surface area (Å²) in [5, 5.41) is 17.7. The largest absolute Gasteiger partial charge is 0.381 e. The molecule has 0 radical (unpaired) electrons. The van der Waals surface area contributed by atoms with Gasteiger partial charge in [0.25, 0.3) is 5.91 Å². The SMILES string of the molecule is Cc1nnc(NC(=O)c2csc([C@H]3C[C@@H]3NCC3CCOCC3)c2)s1. The number of aromatic nitrogens is 2. The van der Waals surface area contributed by atoms with Gasteiger partial charge in [0, 0.05) is 35.4 Å². The van der Waals surface area contributed by atoms with Crippen molar-refractivity contribution < 1.29 is 9.53 Å². The molecule has 2 aromatic rings. The number of nitrogens with one attached hydrogen (secondary N) is 2. The summed E-state index contributed by atoms with van der Waals surface area (Å²) in [5.74, 6) is 1.19. The fourth-order valence-electron chi connectivity index (χ4n) is 3.19. The Balaban J connectivity index is 1.27. The smallest absolute Gasteiger partial charge is 0.258 e. The van der Waals surface area contributed by atoms with Crippen molar-refractivity contribution in [2.45, 2.75) is 38.1 Å². The highest BCUT2D eigenvalue weighted by atomic mass is 32.1. The summed E-state index contributed by atoms with van der Waals surface area (Å²) in [4.78, 5) is 13.6.